The summed E-state index contributed by atoms with van der Waals surface area (Å²) in [7, 11) is 1.60. The van der Waals surface area contributed by atoms with Gasteiger partial charge in [-0.2, -0.15) is 0 Å². The molecular formula is C15H13BrCl2O. The highest BCUT2D eigenvalue weighted by Gasteiger charge is 2.11. The van der Waals surface area contributed by atoms with Crippen LogP contribution in [0, 0.1) is 0 Å². The van der Waals surface area contributed by atoms with Crippen LogP contribution in [0.3, 0.4) is 0 Å². The predicted molar refractivity (Wildman–Crippen MR) is 84.4 cm³/mol. The summed E-state index contributed by atoms with van der Waals surface area (Å²) in [6.45, 7) is 0. The van der Waals surface area contributed by atoms with Crippen LogP contribution >= 0.6 is 39.1 Å². The molecule has 0 radical (unpaired) electrons. The Morgan fingerprint density at radius 2 is 1.84 bits per heavy atom. The van der Waals surface area contributed by atoms with Crippen LogP contribution < -0.4 is 4.74 Å². The molecule has 1 nitrogen and oxygen atoms in total. The maximum Gasteiger partial charge on any atom is 0.137 e. The summed E-state index contributed by atoms with van der Waals surface area (Å²) in [5.41, 5.74) is 2.19. The Balaban J connectivity index is 2.13. The first-order valence-corrected chi connectivity index (χ1v) is 7.43. The van der Waals surface area contributed by atoms with E-state index in [1.165, 1.54) is 5.56 Å². The maximum absolute atomic E-state index is 6.44. The van der Waals surface area contributed by atoms with Crippen LogP contribution in [-0.4, -0.2) is 7.11 Å². The number of methoxy groups -OCH3 is 1. The highest BCUT2D eigenvalue weighted by Crippen LogP contribution is 2.32. The molecule has 2 aromatic rings. The van der Waals surface area contributed by atoms with E-state index in [2.05, 4.69) is 28.1 Å². The van der Waals surface area contributed by atoms with Crippen molar-refractivity contribution in [3.8, 4) is 5.75 Å². The molecule has 0 saturated carbocycles. The zero-order valence-electron chi connectivity index (χ0n) is 10.4. The Bertz CT molecular complexity index is 555. The van der Waals surface area contributed by atoms with E-state index in [-0.39, 0.29) is 5.38 Å². The smallest absolute Gasteiger partial charge is 0.137 e. The Morgan fingerprint density at radius 1 is 1.16 bits per heavy atom. The van der Waals surface area contributed by atoms with Gasteiger partial charge in [0.1, 0.15) is 5.75 Å². The molecule has 1 unspecified atom stereocenters. The van der Waals surface area contributed by atoms with Gasteiger partial charge in [-0.3, -0.25) is 0 Å². The second kappa shape index (κ2) is 6.65. The van der Waals surface area contributed by atoms with Crippen LogP contribution in [0.2, 0.25) is 5.02 Å². The average Bonchev–Trinajstić information content (AvgIpc) is 2.41. The molecular weight excluding hydrogens is 347 g/mol. The molecule has 0 saturated heterocycles. The molecule has 2 aromatic carbocycles. The van der Waals surface area contributed by atoms with Crippen molar-refractivity contribution in [1.29, 1.82) is 0 Å². The lowest BCUT2D eigenvalue weighted by atomic mass is 10.0. The van der Waals surface area contributed by atoms with Crippen LogP contribution in [-0.2, 0) is 6.42 Å². The lowest BCUT2D eigenvalue weighted by Gasteiger charge is -2.12. The second-order valence-electron chi connectivity index (χ2n) is 4.19. The SMILES string of the molecule is COc1ccc(C(Cl)Cc2ccc(Br)cc2)cc1Cl. The van der Waals surface area contributed by atoms with E-state index in [0.29, 0.717) is 10.8 Å². The van der Waals surface area contributed by atoms with Crippen molar-refractivity contribution in [2.24, 2.45) is 0 Å². The minimum atomic E-state index is -0.107. The van der Waals surface area contributed by atoms with Gasteiger partial charge in [0.05, 0.1) is 17.5 Å². The van der Waals surface area contributed by atoms with Crippen molar-refractivity contribution in [1.82, 2.24) is 0 Å². The van der Waals surface area contributed by atoms with Gasteiger partial charge in [-0.25, -0.2) is 0 Å². The van der Waals surface area contributed by atoms with Crippen molar-refractivity contribution >= 4 is 39.1 Å². The summed E-state index contributed by atoms with van der Waals surface area (Å²) in [6.07, 6.45) is 0.761. The summed E-state index contributed by atoms with van der Waals surface area (Å²) in [4.78, 5) is 0. The van der Waals surface area contributed by atoms with Crippen LogP contribution in [0.15, 0.2) is 46.9 Å². The summed E-state index contributed by atoms with van der Waals surface area (Å²) in [5, 5.41) is 0.478. The Kier molecular flexibility index (Phi) is 5.14. The number of rotatable bonds is 4. The third-order valence-corrected chi connectivity index (χ3v) is 4.10. The van der Waals surface area contributed by atoms with Crippen LogP contribution in [0.1, 0.15) is 16.5 Å². The molecule has 19 heavy (non-hydrogen) atoms. The molecule has 0 amide bonds. The average molecular weight is 360 g/mol. The number of hydrogen-bond acceptors (Lipinski definition) is 1. The van der Waals surface area contributed by atoms with E-state index < -0.39 is 0 Å². The first-order valence-electron chi connectivity index (χ1n) is 5.82. The molecule has 0 aliphatic carbocycles. The fourth-order valence-electron chi connectivity index (χ4n) is 1.82. The van der Waals surface area contributed by atoms with Gasteiger partial charge < -0.3 is 4.74 Å². The zero-order chi connectivity index (χ0) is 13.8. The number of ether oxygens (including phenoxy) is 1. The lowest BCUT2D eigenvalue weighted by Crippen LogP contribution is -1.96. The van der Waals surface area contributed by atoms with Crippen molar-refractivity contribution in [3.05, 3.63) is 63.1 Å². The zero-order valence-corrected chi connectivity index (χ0v) is 13.5. The molecule has 0 aliphatic rings. The summed E-state index contributed by atoms with van der Waals surface area (Å²) in [5.74, 6) is 0.665. The van der Waals surface area contributed by atoms with E-state index >= 15 is 0 Å². The quantitative estimate of drug-likeness (QED) is 0.642. The van der Waals surface area contributed by atoms with Gasteiger partial charge in [-0.1, -0.05) is 45.7 Å². The fraction of sp³-hybridized carbons (Fsp3) is 0.200. The van der Waals surface area contributed by atoms with Gasteiger partial charge in [0.15, 0.2) is 0 Å². The monoisotopic (exact) mass is 358 g/mol. The van der Waals surface area contributed by atoms with Gasteiger partial charge in [0, 0.05) is 4.47 Å². The van der Waals surface area contributed by atoms with E-state index in [4.69, 9.17) is 27.9 Å². The molecule has 4 heteroatoms. The minimum Gasteiger partial charge on any atom is -0.495 e. The van der Waals surface area contributed by atoms with E-state index in [1.807, 2.05) is 30.3 Å². The number of halogens is 3. The minimum absolute atomic E-state index is 0.107. The topological polar surface area (TPSA) is 9.23 Å². The van der Waals surface area contributed by atoms with Crippen molar-refractivity contribution in [2.75, 3.05) is 7.11 Å². The highest BCUT2D eigenvalue weighted by molar-refractivity contribution is 9.10. The Hall–Kier alpha value is -0.700. The first kappa shape index (κ1) is 14.7. The standard InChI is InChI=1S/C15H13BrCl2O/c1-19-15-7-4-11(9-14(15)18)13(17)8-10-2-5-12(16)6-3-10/h2-7,9,13H,8H2,1H3. The van der Waals surface area contributed by atoms with Gasteiger partial charge >= 0.3 is 0 Å². The number of hydrogen-bond donors (Lipinski definition) is 0. The summed E-state index contributed by atoms with van der Waals surface area (Å²) >= 11 is 16.0. The molecule has 0 N–H and O–H groups in total. The van der Waals surface area contributed by atoms with Crippen molar-refractivity contribution in [2.45, 2.75) is 11.8 Å². The molecule has 0 heterocycles. The van der Waals surface area contributed by atoms with Crippen LogP contribution in [0.5, 0.6) is 5.75 Å². The largest absolute Gasteiger partial charge is 0.495 e. The van der Waals surface area contributed by atoms with Gasteiger partial charge in [-0.05, 0) is 41.8 Å². The molecule has 1 atom stereocenters. The van der Waals surface area contributed by atoms with E-state index in [0.717, 1.165) is 16.5 Å². The van der Waals surface area contributed by atoms with Crippen LogP contribution in [0.4, 0.5) is 0 Å². The number of alkyl halides is 1. The van der Waals surface area contributed by atoms with Crippen LogP contribution in [0.25, 0.3) is 0 Å². The molecule has 0 spiro atoms. The normalized spacial score (nSPS) is 12.2. The van der Waals surface area contributed by atoms with Gasteiger partial charge in [0.25, 0.3) is 0 Å². The molecule has 0 fully saturated rings. The third-order valence-electron chi connectivity index (χ3n) is 2.87. The number of benzene rings is 2. The fourth-order valence-corrected chi connectivity index (χ4v) is 2.67. The second-order valence-corrected chi connectivity index (χ2v) is 6.04. The van der Waals surface area contributed by atoms with Gasteiger partial charge in [0.2, 0.25) is 0 Å². The van der Waals surface area contributed by atoms with Gasteiger partial charge in [-0.15, -0.1) is 11.6 Å². The maximum atomic E-state index is 6.44. The molecule has 0 bridgehead atoms. The van der Waals surface area contributed by atoms with Crippen molar-refractivity contribution < 1.29 is 4.74 Å². The Labute approximate surface area is 131 Å². The summed E-state index contributed by atoms with van der Waals surface area (Å²) in [6, 6.07) is 13.8. The van der Waals surface area contributed by atoms with E-state index in [9.17, 15) is 0 Å². The summed E-state index contributed by atoms with van der Waals surface area (Å²) < 4.78 is 6.20. The highest BCUT2D eigenvalue weighted by atomic mass is 79.9. The molecule has 0 aliphatic heterocycles. The van der Waals surface area contributed by atoms with E-state index in [1.54, 1.807) is 7.11 Å². The molecule has 0 aromatic heterocycles. The third kappa shape index (κ3) is 3.88. The predicted octanol–water partition coefficient (Wildman–Crippen LogP) is 5.63. The Morgan fingerprint density at radius 3 is 2.42 bits per heavy atom. The molecule has 100 valence electrons. The van der Waals surface area contributed by atoms with Crippen molar-refractivity contribution in [3.63, 3.8) is 0 Å². The first-order chi connectivity index (χ1) is 9.10. The molecule has 2 rings (SSSR count). The lowest BCUT2D eigenvalue weighted by molar-refractivity contribution is 0.415.